The number of aromatic amines is 1. The molecule has 0 spiro atoms. The van der Waals surface area contributed by atoms with Crippen LogP contribution in [0.4, 0.5) is 11.5 Å². The fourth-order valence-electron chi connectivity index (χ4n) is 1.76. The Morgan fingerprint density at radius 1 is 1.37 bits per heavy atom. The van der Waals surface area contributed by atoms with Gasteiger partial charge >= 0.3 is 0 Å². The molecule has 5 heteroatoms. The second-order valence-corrected chi connectivity index (χ2v) is 4.36. The minimum absolute atomic E-state index is 0.161. The molecule has 100 valence electrons. The van der Waals surface area contributed by atoms with Crippen molar-refractivity contribution in [2.24, 2.45) is 0 Å². The number of rotatable bonds is 5. The van der Waals surface area contributed by atoms with Crippen molar-refractivity contribution in [3.8, 4) is 0 Å². The summed E-state index contributed by atoms with van der Waals surface area (Å²) in [5.41, 5.74) is 2.37. The van der Waals surface area contributed by atoms with Gasteiger partial charge in [-0.2, -0.15) is 5.10 Å². The van der Waals surface area contributed by atoms with Crippen molar-refractivity contribution in [2.75, 3.05) is 17.2 Å². The van der Waals surface area contributed by atoms with Crippen LogP contribution in [0.15, 0.2) is 30.3 Å². The molecule has 0 aliphatic rings. The first-order valence-electron chi connectivity index (χ1n) is 6.37. The summed E-state index contributed by atoms with van der Waals surface area (Å²) in [6.07, 6.45) is 1.01. The van der Waals surface area contributed by atoms with E-state index in [1.165, 1.54) is 0 Å². The minimum Gasteiger partial charge on any atom is -0.384 e. The van der Waals surface area contributed by atoms with Crippen molar-refractivity contribution < 1.29 is 4.79 Å². The topological polar surface area (TPSA) is 69.8 Å². The van der Waals surface area contributed by atoms with Crippen LogP contribution in [0.2, 0.25) is 0 Å². The van der Waals surface area contributed by atoms with E-state index < -0.39 is 0 Å². The van der Waals surface area contributed by atoms with Crippen LogP contribution in [-0.4, -0.2) is 22.6 Å². The molecule has 2 rings (SSSR count). The van der Waals surface area contributed by atoms with E-state index in [0.717, 1.165) is 24.3 Å². The number of carbonyl (C=O) groups excluding carboxylic acids is 1. The van der Waals surface area contributed by atoms with Gasteiger partial charge in [0.15, 0.2) is 5.82 Å². The average Bonchev–Trinajstić information content (AvgIpc) is 2.82. The number of carbonyl (C=O) groups is 1. The van der Waals surface area contributed by atoms with Gasteiger partial charge in [0.2, 0.25) is 0 Å². The normalized spacial score (nSPS) is 10.2. The lowest BCUT2D eigenvalue weighted by atomic mass is 10.1. The molecule has 0 fully saturated rings. The van der Waals surface area contributed by atoms with E-state index in [9.17, 15) is 4.79 Å². The first kappa shape index (κ1) is 13.1. The number of aromatic nitrogens is 2. The Morgan fingerprint density at radius 2 is 2.16 bits per heavy atom. The zero-order valence-electron chi connectivity index (χ0n) is 11.2. The van der Waals surface area contributed by atoms with Gasteiger partial charge in [0.05, 0.1) is 5.56 Å². The summed E-state index contributed by atoms with van der Waals surface area (Å²) >= 11 is 0. The number of H-pyrrole nitrogens is 1. The Hall–Kier alpha value is -2.30. The predicted molar refractivity (Wildman–Crippen MR) is 76.5 cm³/mol. The van der Waals surface area contributed by atoms with Crippen molar-refractivity contribution in [2.45, 2.75) is 20.3 Å². The third kappa shape index (κ3) is 3.34. The van der Waals surface area contributed by atoms with Crippen molar-refractivity contribution in [3.63, 3.8) is 0 Å². The lowest BCUT2D eigenvalue weighted by molar-refractivity contribution is 0.102. The number of para-hydroxylation sites is 1. The molecule has 1 aromatic heterocycles. The number of hydrogen-bond acceptors (Lipinski definition) is 3. The summed E-state index contributed by atoms with van der Waals surface area (Å²) in [5, 5.41) is 12.8. The highest BCUT2D eigenvalue weighted by Crippen LogP contribution is 2.16. The molecule has 19 heavy (non-hydrogen) atoms. The van der Waals surface area contributed by atoms with Crippen molar-refractivity contribution in [1.82, 2.24) is 10.2 Å². The molecule has 1 aromatic carbocycles. The Kier molecular flexibility index (Phi) is 4.18. The van der Waals surface area contributed by atoms with Gasteiger partial charge in [0.1, 0.15) is 0 Å². The number of hydrogen-bond donors (Lipinski definition) is 3. The molecule has 2 aromatic rings. The third-order valence-corrected chi connectivity index (χ3v) is 2.68. The summed E-state index contributed by atoms with van der Waals surface area (Å²) in [4.78, 5) is 12.2. The quantitative estimate of drug-likeness (QED) is 0.772. The van der Waals surface area contributed by atoms with Crippen LogP contribution in [0, 0.1) is 6.92 Å². The highest BCUT2D eigenvalue weighted by molar-refractivity contribution is 6.07. The molecule has 1 heterocycles. The molecule has 0 bridgehead atoms. The predicted octanol–water partition coefficient (Wildman–Crippen LogP) is 2.79. The fourth-order valence-corrected chi connectivity index (χ4v) is 1.76. The molecule has 0 saturated heterocycles. The lowest BCUT2D eigenvalue weighted by Gasteiger charge is -2.10. The van der Waals surface area contributed by atoms with Crippen LogP contribution < -0.4 is 10.6 Å². The molecular formula is C14H18N4O. The molecular weight excluding hydrogens is 240 g/mol. The number of nitrogens with zero attached hydrogens (tertiary/aromatic N) is 1. The van der Waals surface area contributed by atoms with E-state index >= 15 is 0 Å². The van der Waals surface area contributed by atoms with Crippen molar-refractivity contribution in [1.29, 1.82) is 0 Å². The van der Waals surface area contributed by atoms with Gasteiger partial charge in [0.25, 0.3) is 5.91 Å². The SMILES string of the molecule is CCCNc1ccccc1C(=O)Nc1cc(C)[nH]n1. The molecule has 0 aliphatic heterocycles. The summed E-state index contributed by atoms with van der Waals surface area (Å²) < 4.78 is 0. The Labute approximate surface area is 112 Å². The monoisotopic (exact) mass is 258 g/mol. The maximum Gasteiger partial charge on any atom is 0.258 e. The number of anilines is 2. The summed E-state index contributed by atoms with van der Waals surface area (Å²) in [5.74, 6) is 0.374. The minimum atomic E-state index is -0.161. The van der Waals surface area contributed by atoms with Crippen molar-refractivity contribution in [3.05, 3.63) is 41.6 Å². The van der Waals surface area contributed by atoms with E-state index in [4.69, 9.17) is 0 Å². The molecule has 0 saturated carbocycles. The zero-order chi connectivity index (χ0) is 13.7. The second-order valence-electron chi connectivity index (χ2n) is 4.36. The number of aryl methyl sites for hydroxylation is 1. The standard InChI is InChI=1S/C14H18N4O/c1-3-8-15-12-7-5-4-6-11(12)14(19)16-13-9-10(2)17-18-13/h4-7,9,15H,3,8H2,1-2H3,(H2,16,17,18,19). The van der Waals surface area contributed by atoms with Gasteiger partial charge in [-0.3, -0.25) is 9.89 Å². The Balaban J connectivity index is 2.14. The maximum absolute atomic E-state index is 12.2. The van der Waals surface area contributed by atoms with Gasteiger partial charge in [-0.15, -0.1) is 0 Å². The molecule has 3 N–H and O–H groups in total. The van der Waals surface area contributed by atoms with E-state index in [-0.39, 0.29) is 5.91 Å². The molecule has 0 radical (unpaired) electrons. The first-order valence-corrected chi connectivity index (χ1v) is 6.37. The van der Waals surface area contributed by atoms with Crippen LogP contribution in [0.5, 0.6) is 0 Å². The van der Waals surface area contributed by atoms with E-state index in [2.05, 4.69) is 27.8 Å². The number of nitrogens with one attached hydrogen (secondary N) is 3. The Bertz CT molecular complexity index is 562. The van der Waals surface area contributed by atoms with Crippen LogP contribution >= 0.6 is 0 Å². The summed E-state index contributed by atoms with van der Waals surface area (Å²) in [7, 11) is 0. The summed E-state index contributed by atoms with van der Waals surface area (Å²) in [6.45, 7) is 4.81. The number of benzene rings is 1. The van der Waals surface area contributed by atoms with Crippen LogP contribution in [-0.2, 0) is 0 Å². The van der Waals surface area contributed by atoms with Crippen molar-refractivity contribution >= 4 is 17.4 Å². The first-order chi connectivity index (χ1) is 9.20. The van der Waals surface area contributed by atoms with E-state index in [0.29, 0.717) is 11.4 Å². The van der Waals surface area contributed by atoms with Gasteiger partial charge in [-0.1, -0.05) is 19.1 Å². The zero-order valence-corrected chi connectivity index (χ0v) is 11.2. The highest BCUT2D eigenvalue weighted by Gasteiger charge is 2.11. The summed E-state index contributed by atoms with van der Waals surface area (Å²) in [6, 6.07) is 9.25. The van der Waals surface area contributed by atoms with E-state index in [1.54, 1.807) is 12.1 Å². The highest BCUT2D eigenvalue weighted by atomic mass is 16.1. The Morgan fingerprint density at radius 3 is 2.84 bits per heavy atom. The van der Waals surface area contributed by atoms with Crippen LogP contribution in [0.1, 0.15) is 29.4 Å². The second kappa shape index (κ2) is 6.04. The third-order valence-electron chi connectivity index (χ3n) is 2.68. The fraction of sp³-hybridized carbons (Fsp3) is 0.286. The molecule has 0 aliphatic carbocycles. The smallest absolute Gasteiger partial charge is 0.258 e. The average molecular weight is 258 g/mol. The largest absolute Gasteiger partial charge is 0.384 e. The molecule has 0 unspecified atom stereocenters. The molecule has 0 atom stereocenters. The van der Waals surface area contributed by atoms with E-state index in [1.807, 2.05) is 25.1 Å². The number of amides is 1. The van der Waals surface area contributed by atoms with Gasteiger partial charge in [-0.05, 0) is 25.5 Å². The van der Waals surface area contributed by atoms with Crippen LogP contribution in [0.25, 0.3) is 0 Å². The van der Waals surface area contributed by atoms with Gasteiger partial charge in [-0.25, -0.2) is 0 Å². The van der Waals surface area contributed by atoms with Crippen LogP contribution in [0.3, 0.4) is 0 Å². The maximum atomic E-state index is 12.2. The van der Waals surface area contributed by atoms with Gasteiger partial charge in [0, 0.05) is 24.0 Å². The lowest BCUT2D eigenvalue weighted by Crippen LogP contribution is -2.15. The van der Waals surface area contributed by atoms with Gasteiger partial charge < -0.3 is 10.6 Å². The molecule has 5 nitrogen and oxygen atoms in total. The molecule has 1 amide bonds.